The van der Waals surface area contributed by atoms with E-state index in [9.17, 15) is 0 Å². The van der Waals surface area contributed by atoms with Gasteiger partial charge in [-0.15, -0.1) is 16.8 Å². The van der Waals surface area contributed by atoms with Gasteiger partial charge in [0.2, 0.25) is 0 Å². The summed E-state index contributed by atoms with van der Waals surface area (Å²) in [5, 5.41) is 9.78. The van der Waals surface area contributed by atoms with Gasteiger partial charge < -0.3 is 0 Å². The normalized spacial score (nSPS) is 10.8. The number of aromatic nitrogens is 3. The Hall–Kier alpha value is -2.33. The lowest BCUT2D eigenvalue weighted by Crippen LogP contribution is -2.01. The second-order valence-corrected chi connectivity index (χ2v) is 7.22. The Bertz CT molecular complexity index is 896. The molecule has 128 valence electrons. The number of allylic oxidation sites excluding steroid dienone is 1. The van der Waals surface area contributed by atoms with E-state index < -0.39 is 0 Å². The number of nitrogens with zero attached hydrogens (tertiary/aromatic N) is 3. The van der Waals surface area contributed by atoms with Crippen LogP contribution in [0, 0.1) is 20.8 Å². The summed E-state index contributed by atoms with van der Waals surface area (Å²) in [4.78, 5) is 0. The number of thioether (sulfide) groups is 1. The van der Waals surface area contributed by atoms with E-state index in [1.807, 2.05) is 6.08 Å². The van der Waals surface area contributed by atoms with Gasteiger partial charge in [-0.2, -0.15) is 0 Å². The van der Waals surface area contributed by atoms with Gasteiger partial charge in [-0.25, -0.2) is 0 Å². The van der Waals surface area contributed by atoms with E-state index >= 15 is 0 Å². The summed E-state index contributed by atoms with van der Waals surface area (Å²) < 4.78 is 2.13. The molecule has 0 aliphatic carbocycles. The second-order valence-electron chi connectivity index (χ2n) is 6.28. The third kappa shape index (κ3) is 4.02. The van der Waals surface area contributed by atoms with Crippen LogP contribution in [-0.4, -0.2) is 14.8 Å². The number of aryl methyl sites for hydroxylation is 3. The predicted molar refractivity (Wildman–Crippen MR) is 106 cm³/mol. The molecule has 2 aromatic carbocycles. The van der Waals surface area contributed by atoms with Gasteiger partial charge in [-0.05, 0) is 43.5 Å². The van der Waals surface area contributed by atoms with Crippen molar-refractivity contribution < 1.29 is 0 Å². The van der Waals surface area contributed by atoms with Gasteiger partial charge in [0.25, 0.3) is 0 Å². The standard InChI is InChI=1S/C21H23N3S/c1-5-11-24-20(19-8-6-7-15(2)12-19)22-23-21(24)25-14-18-10-9-16(3)17(4)13-18/h5-10,12-13H,1,11,14H2,2-4H3. The highest BCUT2D eigenvalue weighted by atomic mass is 32.2. The first kappa shape index (κ1) is 17.5. The fourth-order valence-corrected chi connectivity index (χ4v) is 3.62. The van der Waals surface area contributed by atoms with E-state index in [2.05, 4.69) is 84.6 Å². The zero-order valence-corrected chi connectivity index (χ0v) is 15.8. The fraction of sp³-hybridized carbons (Fsp3) is 0.238. The molecular weight excluding hydrogens is 326 g/mol. The maximum absolute atomic E-state index is 4.43. The Morgan fingerprint density at radius 3 is 2.60 bits per heavy atom. The number of rotatable bonds is 6. The molecule has 3 aromatic rings. The van der Waals surface area contributed by atoms with Crippen molar-refractivity contribution in [2.75, 3.05) is 0 Å². The van der Waals surface area contributed by atoms with Gasteiger partial charge in [0.1, 0.15) is 0 Å². The third-order valence-corrected chi connectivity index (χ3v) is 5.28. The molecule has 0 atom stereocenters. The monoisotopic (exact) mass is 349 g/mol. The molecule has 0 saturated heterocycles. The summed E-state index contributed by atoms with van der Waals surface area (Å²) in [5.41, 5.74) is 6.26. The first-order valence-electron chi connectivity index (χ1n) is 8.38. The molecule has 1 heterocycles. The summed E-state index contributed by atoms with van der Waals surface area (Å²) in [5.74, 6) is 1.77. The van der Waals surface area contributed by atoms with Crippen molar-refractivity contribution in [2.24, 2.45) is 0 Å². The summed E-state index contributed by atoms with van der Waals surface area (Å²) in [6.45, 7) is 11.0. The van der Waals surface area contributed by atoms with E-state index in [4.69, 9.17) is 0 Å². The van der Waals surface area contributed by atoms with E-state index in [0.29, 0.717) is 6.54 Å². The Kier molecular flexibility index (Phi) is 5.39. The molecule has 0 bridgehead atoms. The summed E-state index contributed by atoms with van der Waals surface area (Å²) in [6.07, 6.45) is 1.89. The smallest absolute Gasteiger partial charge is 0.192 e. The van der Waals surface area contributed by atoms with Crippen LogP contribution < -0.4 is 0 Å². The topological polar surface area (TPSA) is 30.7 Å². The predicted octanol–water partition coefficient (Wildman–Crippen LogP) is 5.35. The highest BCUT2D eigenvalue weighted by Crippen LogP contribution is 2.27. The third-order valence-electron chi connectivity index (χ3n) is 4.24. The Balaban J connectivity index is 1.86. The zero-order valence-electron chi connectivity index (χ0n) is 15.0. The molecule has 0 unspecified atom stereocenters. The van der Waals surface area contributed by atoms with Crippen LogP contribution in [0.5, 0.6) is 0 Å². The molecule has 3 rings (SSSR count). The van der Waals surface area contributed by atoms with Crippen molar-refractivity contribution in [1.82, 2.24) is 14.8 Å². The molecule has 0 aliphatic heterocycles. The average molecular weight is 350 g/mol. The minimum Gasteiger partial charge on any atom is -0.298 e. The van der Waals surface area contributed by atoms with Crippen LogP contribution in [0.4, 0.5) is 0 Å². The SMILES string of the molecule is C=CCn1c(SCc2ccc(C)c(C)c2)nnc1-c1cccc(C)c1. The number of hydrogen-bond acceptors (Lipinski definition) is 3. The van der Waals surface area contributed by atoms with E-state index in [1.165, 1.54) is 22.3 Å². The molecule has 0 radical (unpaired) electrons. The van der Waals surface area contributed by atoms with E-state index in [1.54, 1.807) is 11.8 Å². The molecule has 4 heteroatoms. The van der Waals surface area contributed by atoms with Crippen molar-refractivity contribution in [3.05, 3.63) is 77.4 Å². The van der Waals surface area contributed by atoms with E-state index in [-0.39, 0.29) is 0 Å². The molecule has 1 aromatic heterocycles. The van der Waals surface area contributed by atoms with Gasteiger partial charge in [0, 0.05) is 17.9 Å². The largest absolute Gasteiger partial charge is 0.298 e. The van der Waals surface area contributed by atoms with Crippen LogP contribution in [0.2, 0.25) is 0 Å². The highest BCUT2D eigenvalue weighted by molar-refractivity contribution is 7.98. The van der Waals surface area contributed by atoms with Crippen LogP contribution in [-0.2, 0) is 12.3 Å². The number of benzene rings is 2. The van der Waals surface area contributed by atoms with E-state index in [0.717, 1.165) is 22.3 Å². The molecule has 0 spiro atoms. The van der Waals surface area contributed by atoms with Crippen LogP contribution in [0.3, 0.4) is 0 Å². The average Bonchev–Trinajstić information content (AvgIpc) is 2.99. The lowest BCUT2D eigenvalue weighted by Gasteiger charge is -2.09. The molecule has 3 nitrogen and oxygen atoms in total. The van der Waals surface area contributed by atoms with Crippen molar-refractivity contribution in [3.8, 4) is 11.4 Å². The first-order valence-corrected chi connectivity index (χ1v) is 9.37. The maximum Gasteiger partial charge on any atom is 0.192 e. The Morgan fingerprint density at radius 2 is 1.88 bits per heavy atom. The summed E-state index contributed by atoms with van der Waals surface area (Å²) in [7, 11) is 0. The Labute approximate surface area is 153 Å². The quantitative estimate of drug-likeness (QED) is 0.444. The van der Waals surface area contributed by atoms with Crippen LogP contribution in [0.15, 0.2) is 60.3 Å². The zero-order chi connectivity index (χ0) is 17.8. The molecule has 0 aliphatic rings. The van der Waals surface area contributed by atoms with Gasteiger partial charge in [-0.1, -0.05) is 59.8 Å². The molecule has 0 N–H and O–H groups in total. The van der Waals surface area contributed by atoms with Gasteiger partial charge in [-0.3, -0.25) is 4.57 Å². The molecule has 0 amide bonds. The molecule has 0 fully saturated rings. The van der Waals surface area contributed by atoms with Crippen LogP contribution >= 0.6 is 11.8 Å². The minimum atomic E-state index is 0.700. The maximum atomic E-state index is 4.43. The number of hydrogen-bond donors (Lipinski definition) is 0. The van der Waals surface area contributed by atoms with Gasteiger partial charge in [0.15, 0.2) is 11.0 Å². The lowest BCUT2D eigenvalue weighted by atomic mass is 10.1. The molecular formula is C21H23N3S. The van der Waals surface area contributed by atoms with Crippen LogP contribution in [0.1, 0.15) is 22.3 Å². The Morgan fingerprint density at radius 1 is 1.04 bits per heavy atom. The lowest BCUT2D eigenvalue weighted by molar-refractivity contribution is 0.731. The second kappa shape index (κ2) is 7.70. The molecule has 25 heavy (non-hydrogen) atoms. The first-order chi connectivity index (χ1) is 12.1. The van der Waals surface area contributed by atoms with Crippen molar-refractivity contribution in [1.29, 1.82) is 0 Å². The summed E-state index contributed by atoms with van der Waals surface area (Å²) in [6, 6.07) is 15.0. The van der Waals surface area contributed by atoms with Crippen LogP contribution in [0.25, 0.3) is 11.4 Å². The van der Waals surface area contributed by atoms with Crippen molar-refractivity contribution in [3.63, 3.8) is 0 Å². The minimum absolute atomic E-state index is 0.700. The molecule has 0 saturated carbocycles. The van der Waals surface area contributed by atoms with Crippen molar-refractivity contribution >= 4 is 11.8 Å². The van der Waals surface area contributed by atoms with Crippen molar-refractivity contribution in [2.45, 2.75) is 38.2 Å². The highest BCUT2D eigenvalue weighted by Gasteiger charge is 2.13. The van der Waals surface area contributed by atoms with Gasteiger partial charge >= 0.3 is 0 Å². The van der Waals surface area contributed by atoms with Gasteiger partial charge in [0.05, 0.1) is 0 Å². The fourth-order valence-electron chi connectivity index (χ4n) is 2.73. The summed E-state index contributed by atoms with van der Waals surface area (Å²) >= 11 is 1.72.